The Morgan fingerprint density at radius 3 is 3.09 bits per heavy atom. The van der Waals surface area contributed by atoms with E-state index in [-0.39, 0.29) is 12.1 Å². The molecule has 0 saturated carbocycles. The van der Waals surface area contributed by atoms with Crippen molar-refractivity contribution in [3.05, 3.63) is 0 Å². The molecule has 0 aromatic heterocycles. The van der Waals surface area contributed by atoms with E-state index in [4.69, 9.17) is 4.74 Å². The van der Waals surface area contributed by atoms with E-state index >= 15 is 0 Å². The van der Waals surface area contributed by atoms with Crippen LogP contribution in [0, 0.1) is 0 Å². The average molecular weight is 157 g/mol. The summed E-state index contributed by atoms with van der Waals surface area (Å²) in [4.78, 5) is 10.9. The Bertz CT molecular complexity index is 130. The van der Waals surface area contributed by atoms with Gasteiger partial charge in [-0.2, -0.15) is 0 Å². The number of nitrogens with one attached hydrogen (secondary N) is 1. The van der Waals surface area contributed by atoms with Crippen LogP contribution in [0.25, 0.3) is 0 Å². The first-order valence-electron chi connectivity index (χ1n) is 4.23. The molecular formula is C8H15NO2. The smallest absolute Gasteiger partial charge is 0.306 e. The largest absolute Gasteiger partial charge is 0.461 e. The van der Waals surface area contributed by atoms with Gasteiger partial charge in [-0.25, -0.2) is 0 Å². The summed E-state index contributed by atoms with van der Waals surface area (Å²) < 4.78 is 5.15. The van der Waals surface area contributed by atoms with Gasteiger partial charge in [0.1, 0.15) is 6.10 Å². The normalized spacial score (nSPS) is 23.5. The molecule has 1 N–H and O–H groups in total. The number of hydrogen-bond donors (Lipinski definition) is 1. The highest BCUT2D eigenvalue weighted by Crippen LogP contribution is 2.04. The van der Waals surface area contributed by atoms with Crippen LogP contribution in [-0.2, 0) is 9.53 Å². The fraction of sp³-hybridized carbons (Fsp3) is 0.875. The first kappa shape index (κ1) is 8.53. The van der Waals surface area contributed by atoms with Crippen LogP contribution in [0.3, 0.4) is 0 Å². The Kier molecular flexibility index (Phi) is 3.36. The van der Waals surface area contributed by atoms with Gasteiger partial charge in [0.05, 0.1) is 0 Å². The van der Waals surface area contributed by atoms with Crippen molar-refractivity contribution in [1.82, 2.24) is 5.32 Å². The van der Waals surface area contributed by atoms with Gasteiger partial charge in [0.2, 0.25) is 0 Å². The number of hydrogen-bond acceptors (Lipinski definition) is 3. The second-order valence-electron chi connectivity index (χ2n) is 2.85. The van der Waals surface area contributed by atoms with Crippen LogP contribution in [-0.4, -0.2) is 25.2 Å². The lowest BCUT2D eigenvalue weighted by Crippen LogP contribution is -2.20. The van der Waals surface area contributed by atoms with Crippen LogP contribution in [0.1, 0.15) is 26.2 Å². The monoisotopic (exact) mass is 157 g/mol. The molecule has 1 fully saturated rings. The average Bonchev–Trinajstić information content (AvgIpc) is 2.40. The van der Waals surface area contributed by atoms with E-state index in [0.717, 1.165) is 25.9 Å². The summed E-state index contributed by atoms with van der Waals surface area (Å²) in [5, 5.41) is 3.14. The highest BCUT2D eigenvalue weighted by atomic mass is 16.5. The topological polar surface area (TPSA) is 38.3 Å². The minimum absolute atomic E-state index is 0.0544. The Balaban J connectivity index is 2.13. The summed E-state index contributed by atoms with van der Waals surface area (Å²) in [5.74, 6) is -0.0544. The second kappa shape index (κ2) is 4.34. The molecule has 1 heterocycles. The Hall–Kier alpha value is -0.570. The summed E-state index contributed by atoms with van der Waals surface area (Å²) in [7, 11) is 0. The molecule has 0 radical (unpaired) electrons. The maximum atomic E-state index is 10.9. The standard InChI is InChI=1S/C8H15NO2/c1-2-3-8(10)11-7-4-5-9-6-7/h7,9H,2-6H2,1H3. The lowest BCUT2D eigenvalue weighted by atomic mass is 10.3. The number of carbonyl (C=O) groups is 1. The number of esters is 1. The highest BCUT2D eigenvalue weighted by molar-refractivity contribution is 5.69. The third-order valence-electron chi connectivity index (χ3n) is 1.77. The zero-order chi connectivity index (χ0) is 8.10. The maximum Gasteiger partial charge on any atom is 0.306 e. The molecule has 3 heteroatoms. The Labute approximate surface area is 67.1 Å². The third-order valence-corrected chi connectivity index (χ3v) is 1.77. The molecule has 0 aromatic carbocycles. The van der Waals surface area contributed by atoms with Crippen molar-refractivity contribution >= 4 is 5.97 Å². The van der Waals surface area contributed by atoms with Crippen molar-refractivity contribution in [1.29, 1.82) is 0 Å². The molecule has 0 aliphatic carbocycles. The summed E-state index contributed by atoms with van der Waals surface area (Å²) in [6, 6.07) is 0. The SMILES string of the molecule is CCCC(=O)OC1CCNC1. The van der Waals surface area contributed by atoms with Gasteiger partial charge in [0.15, 0.2) is 0 Å². The van der Waals surface area contributed by atoms with Gasteiger partial charge in [-0.1, -0.05) is 6.92 Å². The first-order valence-corrected chi connectivity index (χ1v) is 4.23. The van der Waals surface area contributed by atoms with Gasteiger partial charge in [-0.3, -0.25) is 4.79 Å². The van der Waals surface area contributed by atoms with Crippen LogP contribution in [0.4, 0.5) is 0 Å². The van der Waals surface area contributed by atoms with Crippen LogP contribution >= 0.6 is 0 Å². The number of carbonyl (C=O) groups excluding carboxylic acids is 1. The molecule has 1 unspecified atom stereocenters. The predicted molar refractivity (Wildman–Crippen MR) is 42.3 cm³/mol. The van der Waals surface area contributed by atoms with E-state index in [1.54, 1.807) is 0 Å². The van der Waals surface area contributed by atoms with Gasteiger partial charge in [0.25, 0.3) is 0 Å². The lowest BCUT2D eigenvalue weighted by molar-refractivity contribution is -0.148. The van der Waals surface area contributed by atoms with Crippen LogP contribution in [0.2, 0.25) is 0 Å². The quantitative estimate of drug-likeness (QED) is 0.612. The van der Waals surface area contributed by atoms with Crippen molar-refractivity contribution in [2.24, 2.45) is 0 Å². The molecule has 1 rings (SSSR count). The van der Waals surface area contributed by atoms with Gasteiger partial charge >= 0.3 is 5.97 Å². The van der Waals surface area contributed by atoms with E-state index in [1.165, 1.54) is 0 Å². The van der Waals surface area contributed by atoms with E-state index in [2.05, 4.69) is 5.32 Å². The van der Waals surface area contributed by atoms with Gasteiger partial charge in [-0.15, -0.1) is 0 Å². The van der Waals surface area contributed by atoms with Crippen molar-refractivity contribution in [3.63, 3.8) is 0 Å². The zero-order valence-corrected chi connectivity index (χ0v) is 6.93. The van der Waals surface area contributed by atoms with Crippen molar-refractivity contribution in [2.75, 3.05) is 13.1 Å². The van der Waals surface area contributed by atoms with Crippen molar-refractivity contribution < 1.29 is 9.53 Å². The summed E-state index contributed by atoms with van der Waals surface area (Å²) in [5.41, 5.74) is 0. The van der Waals surface area contributed by atoms with E-state index in [9.17, 15) is 4.79 Å². The Morgan fingerprint density at radius 1 is 1.73 bits per heavy atom. The Morgan fingerprint density at radius 2 is 2.55 bits per heavy atom. The third kappa shape index (κ3) is 2.89. The minimum atomic E-state index is -0.0544. The van der Waals surface area contributed by atoms with Gasteiger partial charge in [0, 0.05) is 13.0 Å². The highest BCUT2D eigenvalue weighted by Gasteiger charge is 2.17. The first-order chi connectivity index (χ1) is 5.33. The van der Waals surface area contributed by atoms with Crippen molar-refractivity contribution in [3.8, 4) is 0 Å². The van der Waals surface area contributed by atoms with Crippen LogP contribution in [0.5, 0.6) is 0 Å². The zero-order valence-electron chi connectivity index (χ0n) is 6.93. The molecule has 1 atom stereocenters. The fourth-order valence-corrected chi connectivity index (χ4v) is 1.18. The summed E-state index contributed by atoms with van der Waals surface area (Å²) in [6.45, 7) is 3.79. The minimum Gasteiger partial charge on any atom is -0.461 e. The summed E-state index contributed by atoms with van der Waals surface area (Å²) >= 11 is 0. The molecule has 64 valence electrons. The predicted octanol–water partition coefficient (Wildman–Crippen LogP) is 0.692. The second-order valence-corrected chi connectivity index (χ2v) is 2.85. The molecule has 0 aromatic rings. The molecule has 0 spiro atoms. The van der Waals surface area contributed by atoms with Crippen LogP contribution in [0.15, 0.2) is 0 Å². The molecule has 1 saturated heterocycles. The molecule has 0 bridgehead atoms. The number of rotatable bonds is 3. The molecular weight excluding hydrogens is 142 g/mol. The molecule has 0 amide bonds. The fourth-order valence-electron chi connectivity index (χ4n) is 1.18. The number of ether oxygens (including phenoxy) is 1. The van der Waals surface area contributed by atoms with E-state index in [1.807, 2.05) is 6.92 Å². The summed E-state index contributed by atoms with van der Waals surface area (Å²) in [6.07, 6.45) is 2.53. The van der Waals surface area contributed by atoms with Crippen molar-refractivity contribution in [2.45, 2.75) is 32.3 Å². The van der Waals surface area contributed by atoms with E-state index in [0.29, 0.717) is 6.42 Å². The molecule has 3 nitrogen and oxygen atoms in total. The molecule has 1 aliphatic rings. The molecule has 1 aliphatic heterocycles. The maximum absolute atomic E-state index is 10.9. The lowest BCUT2D eigenvalue weighted by Gasteiger charge is -2.09. The van der Waals surface area contributed by atoms with Gasteiger partial charge in [-0.05, 0) is 19.4 Å². The van der Waals surface area contributed by atoms with Gasteiger partial charge < -0.3 is 10.1 Å². The molecule has 11 heavy (non-hydrogen) atoms. The van der Waals surface area contributed by atoms with E-state index < -0.39 is 0 Å². The van der Waals surface area contributed by atoms with Crippen LogP contribution < -0.4 is 5.32 Å².